The molecule has 0 spiro atoms. The predicted molar refractivity (Wildman–Crippen MR) is 117 cm³/mol. The fraction of sp³-hybridized carbons (Fsp3) is 0.600. The van der Waals surface area contributed by atoms with Crippen molar-refractivity contribution in [1.29, 1.82) is 0 Å². The van der Waals surface area contributed by atoms with Crippen LogP contribution >= 0.6 is 0 Å². The molecule has 9 nitrogen and oxygen atoms in total. The molecule has 0 saturated carbocycles. The minimum Gasteiger partial charge on any atom is -0.465 e. The second-order valence-corrected chi connectivity index (χ2v) is 11.7. The van der Waals surface area contributed by atoms with E-state index in [9.17, 15) is 21.6 Å². The van der Waals surface area contributed by atoms with E-state index in [4.69, 9.17) is 9.29 Å². The Kier molecular flexibility index (Phi) is 7.68. The number of hydrogen-bond donors (Lipinski definition) is 1. The summed E-state index contributed by atoms with van der Waals surface area (Å²) in [7, 11) is -6.54. The highest BCUT2D eigenvalue weighted by atomic mass is 32.2. The summed E-state index contributed by atoms with van der Waals surface area (Å²) >= 11 is 0. The maximum Gasteiger partial charge on any atom is 0.321 e. The molecule has 1 aromatic carbocycles. The SMILES string of the molecule is CCOC(=O)CN(C)S(=O)(=O)c1ccc2c(c1)C(C)(C)C(C)=[N+]2CCCCS(=O)(=O)O. The fourth-order valence-corrected chi connectivity index (χ4v) is 5.33. The molecule has 0 amide bonds. The standard InChI is InChI=1S/C20H30N2O7S2/c1-6-29-19(23)14-21(5)31(27,28)16-9-10-18-17(13-16)20(3,4)15(2)22(18)11-7-8-12-30(24,25)26/h9-10,13H,6-8,11-12,14H2,1-5H3/p+1. The summed E-state index contributed by atoms with van der Waals surface area (Å²) in [6.45, 7) is 7.96. The summed E-state index contributed by atoms with van der Waals surface area (Å²) in [6.07, 6.45) is 0.873. The Morgan fingerprint density at radius 2 is 1.84 bits per heavy atom. The highest BCUT2D eigenvalue weighted by molar-refractivity contribution is 7.89. The smallest absolute Gasteiger partial charge is 0.321 e. The number of ether oxygens (including phenoxy) is 1. The number of esters is 1. The molecule has 1 aromatic rings. The molecule has 0 saturated heterocycles. The van der Waals surface area contributed by atoms with Gasteiger partial charge in [0.25, 0.3) is 10.1 Å². The molecule has 1 aliphatic rings. The molecule has 31 heavy (non-hydrogen) atoms. The molecular formula is C20H31N2O7S2+. The first-order valence-electron chi connectivity index (χ1n) is 10.0. The van der Waals surface area contributed by atoms with Crippen molar-refractivity contribution in [3.05, 3.63) is 23.8 Å². The van der Waals surface area contributed by atoms with Gasteiger partial charge >= 0.3 is 5.97 Å². The summed E-state index contributed by atoms with van der Waals surface area (Å²) < 4.78 is 64.6. The van der Waals surface area contributed by atoms with Crippen molar-refractivity contribution < 1.29 is 35.5 Å². The van der Waals surface area contributed by atoms with E-state index in [2.05, 4.69) is 4.58 Å². The minimum atomic E-state index is -3.99. The quantitative estimate of drug-likeness (QED) is 0.237. The van der Waals surface area contributed by atoms with Crippen LogP contribution < -0.4 is 0 Å². The van der Waals surface area contributed by atoms with E-state index >= 15 is 0 Å². The molecule has 2 rings (SSSR count). The number of unbranched alkanes of at least 4 members (excludes halogenated alkanes) is 1. The molecule has 0 radical (unpaired) electrons. The number of carbonyl (C=O) groups is 1. The first-order valence-corrected chi connectivity index (χ1v) is 13.1. The molecule has 1 N–H and O–H groups in total. The van der Waals surface area contributed by atoms with Crippen LogP contribution in [0.25, 0.3) is 0 Å². The van der Waals surface area contributed by atoms with Crippen LogP contribution in [-0.4, -0.2) is 74.4 Å². The van der Waals surface area contributed by atoms with E-state index in [0.29, 0.717) is 19.4 Å². The van der Waals surface area contributed by atoms with Gasteiger partial charge in [0.2, 0.25) is 15.7 Å². The van der Waals surface area contributed by atoms with Gasteiger partial charge in [0.1, 0.15) is 13.1 Å². The van der Waals surface area contributed by atoms with E-state index in [1.54, 1.807) is 19.1 Å². The minimum absolute atomic E-state index is 0.0900. The van der Waals surface area contributed by atoms with Crippen molar-refractivity contribution in [2.24, 2.45) is 0 Å². The van der Waals surface area contributed by atoms with E-state index in [1.165, 1.54) is 13.1 Å². The van der Waals surface area contributed by atoms with Crippen molar-refractivity contribution >= 4 is 37.5 Å². The molecule has 0 aliphatic carbocycles. The molecule has 0 atom stereocenters. The van der Waals surface area contributed by atoms with Crippen LogP contribution in [0.2, 0.25) is 0 Å². The van der Waals surface area contributed by atoms with Crippen LogP contribution in [0.15, 0.2) is 23.1 Å². The van der Waals surface area contributed by atoms with Gasteiger partial charge in [0.15, 0.2) is 5.71 Å². The fourth-order valence-electron chi connectivity index (χ4n) is 3.62. The highest BCUT2D eigenvalue weighted by Crippen LogP contribution is 2.41. The average Bonchev–Trinajstić information content (AvgIpc) is 2.84. The van der Waals surface area contributed by atoms with Gasteiger partial charge in [0.05, 0.1) is 22.7 Å². The molecule has 0 aromatic heterocycles. The van der Waals surface area contributed by atoms with Crippen molar-refractivity contribution in [3.63, 3.8) is 0 Å². The Morgan fingerprint density at radius 3 is 2.42 bits per heavy atom. The van der Waals surface area contributed by atoms with Crippen molar-refractivity contribution in [1.82, 2.24) is 4.31 Å². The number of likely N-dealkylation sites (N-methyl/N-ethyl adjacent to an activating group) is 1. The largest absolute Gasteiger partial charge is 0.465 e. The van der Waals surface area contributed by atoms with Crippen LogP contribution in [0.5, 0.6) is 0 Å². The Hall–Kier alpha value is -1.82. The number of carbonyl (C=O) groups excluding carboxylic acids is 1. The third-order valence-electron chi connectivity index (χ3n) is 5.64. The molecule has 11 heteroatoms. The first-order chi connectivity index (χ1) is 14.2. The lowest BCUT2D eigenvalue weighted by atomic mass is 9.82. The first kappa shape index (κ1) is 25.4. The van der Waals surface area contributed by atoms with Crippen molar-refractivity contribution in [2.45, 2.75) is 50.8 Å². The Bertz CT molecular complexity index is 1090. The molecular weight excluding hydrogens is 444 g/mol. The Labute approximate surface area is 184 Å². The second kappa shape index (κ2) is 9.35. The summed E-state index contributed by atoms with van der Waals surface area (Å²) in [5, 5.41) is 0. The van der Waals surface area contributed by atoms with E-state index < -0.39 is 31.5 Å². The van der Waals surface area contributed by atoms with Gasteiger partial charge in [-0.3, -0.25) is 9.35 Å². The molecule has 0 fully saturated rings. The van der Waals surface area contributed by atoms with Crippen LogP contribution in [-0.2, 0) is 35.1 Å². The lowest BCUT2D eigenvalue weighted by molar-refractivity contribution is -0.439. The number of fused-ring (bicyclic) bond motifs is 1. The second-order valence-electron chi connectivity index (χ2n) is 8.10. The molecule has 0 bridgehead atoms. The summed E-state index contributed by atoms with van der Waals surface area (Å²) in [6, 6.07) is 4.88. The van der Waals surface area contributed by atoms with Gasteiger partial charge < -0.3 is 4.74 Å². The lowest BCUT2D eigenvalue weighted by Gasteiger charge is -2.19. The predicted octanol–water partition coefficient (Wildman–Crippen LogP) is 1.93. The Balaban J connectivity index is 2.29. The van der Waals surface area contributed by atoms with Gasteiger partial charge in [-0.25, -0.2) is 8.42 Å². The topological polar surface area (TPSA) is 121 Å². The maximum absolute atomic E-state index is 13.0. The summed E-state index contributed by atoms with van der Waals surface area (Å²) in [5.74, 6) is -0.907. The van der Waals surface area contributed by atoms with Crippen LogP contribution in [0.3, 0.4) is 0 Å². The monoisotopic (exact) mass is 475 g/mol. The number of benzene rings is 1. The van der Waals surface area contributed by atoms with E-state index in [-0.39, 0.29) is 23.8 Å². The normalized spacial score (nSPS) is 16.0. The van der Waals surface area contributed by atoms with Gasteiger partial charge in [-0.15, -0.1) is 0 Å². The van der Waals surface area contributed by atoms with Crippen molar-refractivity contribution in [3.8, 4) is 0 Å². The van der Waals surface area contributed by atoms with Crippen LogP contribution in [0.1, 0.15) is 46.1 Å². The third-order valence-corrected chi connectivity index (χ3v) is 8.24. The van der Waals surface area contributed by atoms with E-state index in [1.807, 2.05) is 20.8 Å². The summed E-state index contributed by atoms with van der Waals surface area (Å²) in [5.41, 5.74) is 2.29. The van der Waals surface area contributed by atoms with Crippen LogP contribution in [0.4, 0.5) is 5.69 Å². The number of nitrogens with zero attached hydrogens (tertiary/aromatic N) is 2. The maximum atomic E-state index is 13.0. The lowest BCUT2D eigenvalue weighted by Crippen LogP contribution is -2.33. The van der Waals surface area contributed by atoms with Gasteiger partial charge in [-0.05, 0) is 39.3 Å². The number of hydrogen-bond acceptors (Lipinski definition) is 6. The number of sulfonamides is 1. The van der Waals surface area contributed by atoms with Crippen molar-refractivity contribution in [2.75, 3.05) is 32.5 Å². The van der Waals surface area contributed by atoms with Gasteiger partial charge in [0, 0.05) is 32.0 Å². The van der Waals surface area contributed by atoms with Gasteiger partial charge in [-0.2, -0.15) is 17.3 Å². The zero-order valence-corrected chi connectivity index (χ0v) is 20.2. The molecule has 1 heterocycles. The molecule has 0 unspecified atom stereocenters. The van der Waals surface area contributed by atoms with E-state index in [0.717, 1.165) is 21.3 Å². The zero-order valence-electron chi connectivity index (χ0n) is 18.6. The third kappa shape index (κ3) is 5.71. The highest BCUT2D eigenvalue weighted by Gasteiger charge is 2.43. The molecule has 1 aliphatic heterocycles. The average molecular weight is 476 g/mol. The van der Waals surface area contributed by atoms with Crippen LogP contribution in [0, 0.1) is 0 Å². The van der Waals surface area contributed by atoms with Gasteiger partial charge in [-0.1, -0.05) is 0 Å². The summed E-state index contributed by atoms with van der Waals surface area (Å²) in [4.78, 5) is 11.8. The number of rotatable bonds is 10. The Morgan fingerprint density at radius 1 is 1.19 bits per heavy atom. The zero-order chi connectivity index (χ0) is 23.6. The molecule has 174 valence electrons.